The zero-order chi connectivity index (χ0) is 12.2. The molecule has 3 N–H and O–H groups in total. The van der Waals surface area contributed by atoms with Gasteiger partial charge in [0.15, 0.2) is 0 Å². The largest absolute Gasteiger partial charge is 0.354 e. The van der Waals surface area contributed by atoms with Crippen molar-refractivity contribution in [3.8, 4) is 0 Å². The maximum atomic E-state index is 11.1. The van der Waals surface area contributed by atoms with Crippen molar-refractivity contribution >= 4 is 18.3 Å². The monoisotopic (exact) mass is 256 g/mol. The van der Waals surface area contributed by atoms with Gasteiger partial charge >= 0.3 is 0 Å². The number of benzene rings is 1. The first kappa shape index (κ1) is 15.9. The third kappa shape index (κ3) is 4.75. The molecule has 0 atom stereocenters. The lowest BCUT2D eigenvalue weighted by atomic mass is 9.84. The Morgan fingerprint density at radius 2 is 1.82 bits per heavy atom. The average Bonchev–Trinajstić information content (AvgIpc) is 2.26. The van der Waals surface area contributed by atoms with E-state index in [9.17, 15) is 4.79 Å². The Hall–Kier alpha value is -1.06. The highest BCUT2D eigenvalue weighted by atomic mass is 35.5. The van der Waals surface area contributed by atoms with Crippen LogP contribution in [0.25, 0.3) is 0 Å². The van der Waals surface area contributed by atoms with E-state index < -0.39 is 0 Å². The smallest absolute Gasteiger partial charge is 0.233 e. The average molecular weight is 257 g/mol. The zero-order valence-electron chi connectivity index (χ0n) is 10.6. The van der Waals surface area contributed by atoms with E-state index in [2.05, 4.69) is 50.4 Å². The molecule has 0 aliphatic rings. The van der Waals surface area contributed by atoms with Crippen LogP contribution < -0.4 is 11.1 Å². The van der Waals surface area contributed by atoms with Crippen LogP contribution in [-0.4, -0.2) is 19.0 Å². The number of hydrogen-bond donors (Lipinski definition) is 2. The lowest BCUT2D eigenvalue weighted by Crippen LogP contribution is -2.39. The maximum absolute atomic E-state index is 11.1. The second-order valence-corrected chi connectivity index (χ2v) is 4.73. The molecule has 0 aromatic heterocycles. The highest BCUT2D eigenvalue weighted by Crippen LogP contribution is 2.22. The van der Waals surface area contributed by atoms with E-state index in [1.54, 1.807) is 0 Å². The fourth-order valence-corrected chi connectivity index (χ4v) is 1.50. The molecule has 1 aromatic rings. The third-order valence-electron chi connectivity index (χ3n) is 2.75. The van der Waals surface area contributed by atoms with Crippen molar-refractivity contribution in [3.05, 3.63) is 35.4 Å². The first-order valence-electron chi connectivity index (χ1n) is 5.49. The van der Waals surface area contributed by atoms with E-state index in [4.69, 9.17) is 5.73 Å². The molecule has 0 aliphatic carbocycles. The molecular weight excluding hydrogens is 236 g/mol. The van der Waals surface area contributed by atoms with Crippen molar-refractivity contribution in [2.75, 3.05) is 13.1 Å². The van der Waals surface area contributed by atoms with Crippen molar-refractivity contribution in [2.24, 2.45) is 5.73 Å². The highest BCUT2D eigenvalue weighted by Gasteiger charge is 2.20. The quantitative estimate of drug-likeness (QED) is 0.863. The van der Waals surface area contributed by atoms with Crippen LogP contribution in [0.3, 0.4) is 0 Å². The molecule has 0 heterocycles. The van der Waals surface area contributed by atoms with E-state index in [0.29, 0.717) is 6.54 Å². The van der Waals surface area contributed by atoms with Gasteiger partial charge < -0.3 is 11.1 Å². The second kappa shape index (κ2) is 6.62. The summed E-state index contributed by atoms with van der Waals surface area (Å²) >= 11 is 0. The Labute approximate surface area is 109 Å². The minimum Gasteiger partial charge on any atom is -0.354 e. The van der Waals surface area contributed by atoms with Crippen molar-refractivity contribution in [1.82, 2.24) is 5.32 Å². The van der Waals surface area contributed by atoms with E-state index >= 15 is 0 Å². The normalized spacial score (nSPS) is 10.6. The first-order valence-corrected chi connectivity index (χ1v) is 5.49. The van der Waals surface area contributed by atoms with Gasteiger partial charge in [-0.05, 0) is 12.5 Å². The highest BCUT2D eigenvalue weighted by molar-refractivity contribution is 5.85. The van der Waals surface area contributed by atoms with Gasteiger partial charge in [0.25, 0.3) is 0 Å². The summed E-state index contributed by atoms with van der Waals surface area (Å²) in [5, 5.41) is 2.82. The van der Waals surface area contributed by atoms with E-state index in [1.165, 1.54) is 11.1 Å². The predicted octanol–water partition coefficient (Wildman–Crippen LogP) is 1.77. The molecular formula is C13H21ClN2O. The van der Waals surface area contributed by atoms with Crippen LogP contribution in [0.5, 0.6) is 0 Å². The first-order chi connectivity index (χ1) is 7.45. The Kier molecular flexibility index (Phi) is 6.21. The summed E-state index contributed by atoms with van der Waals surface area (Å²) < 4.78 is 0. The summed E-state index contributed by atoms with van der Waals surface area (Å²) in [6.07, 6.45) is 0. The summed E-state index contributed by atoms with van der Waals surface area (Å²) in [6, 6.07) is 8.37. The molecule has 0 aliphatic heterocycles. The van der Waals surface area contributed by atoms with Gasteiger partial charge in [0.1, 0.15) is 0 Å². The van der Waals surface area contributed by atoms with Crippen molar-refractivity contribution in [1.29, 1.82) is 0 Å². The number of carbonyl (C=O) groups excluding carboxylic acids is 1. The van der Waals surface area contributed by atoms with E-state index in [0.717, 1.165) is 0 Å². The molecule has 1 rings (SSSR count). The fraction of sp³-hybridized carbons (Fsp3) is 0.462. The van der Waals surface area contributed by atoms with Crippen molar-refractivity contribution in [2.45, 2.75) is 26.2 Å². The van der Waals surface area contributed by atoms with Crippen LogP contribution in [0, 0.1) is 6.92 Å². The summed E-state index contributed by atoms with van der Waals surface area (Å²) in [5.41, 5.74) is 7.64. The van der Waals surface area contributed by atoms with E-state index in [-0.39, 0.29) is 30.3 Å². The number of hydrogen-bond acceptors (Lipinski definition) is 2. The molecule has 1 amide bonds. The molecule has 17 heavy (non-hydrogen) atoms. The fourth-order valence-electron chi connectivity index (χ4n) is 1.50. The minimum absolute atomic E-state index is 0. The Bertz CT molecular complexity index is 360. The van der Waals surface area contributed by atoms with Crippen LogP contribution >= 0.6 is 12.4 Å². The number of carbonyl (C=O) groups is 1. The van der Waals surface area contributed by atoms with Gasteiger partial charge in [-0.2, -0.15) is 0 Å². The van der Waals surface area contributed by atoms with Gasteiger partial charge in [0.2, 0.25) is 5.91 Å². The molecule has 0 saturated heterocycles. The molecule has 0 spiro atoms. The van der Waals surface area contributed by atoms with Gasteiger partial charge in [-0.25, -0.2) is 0 Å². The third-order valence-corrected chi connectivity index (χ3v) is 2.75. The molecule has 96 valence electrons. The molecule has 0 saturated carbocycles. The van der Waals surface area contributed by atoms with Gasteiger partial charge in [-0.1, -0.05) is 43.7 Å². The molecule has 0 bridgehead atoms. The minimum atomic E-state index is -0.111. The van der Waals surface area contributed by atoms with Crippen molar-refractivity contribution in [3.63, 3.8) is 0 Å². The number of nitrogens with one attached hydrogen (secondary N) is 1. The lowest BCUT2D eigenvalue weighted by molar-refractivity contribution is -0.119. The Morgan fingerprint density at radius 1 is 1.29 bits per heavy atom. The molecule has 0 fully saturated rings. The van der Waals surface area contributed by atoms with Crippen LogP contribution in [0.4, 0.5) is 0 Å². The van der Waals surface area contributed by atoms with Gasteiger partial charge in [0, 0.05) is 12.0 Å². The predicted molar refractivity (Wildman–Crippen MR) is 73.5 cm³/mol. The Morgan fingerprint density at radius 3 is 2.29 bits per heavy atom. The summed E-state index contributed by atoms with van der Waals surface area (Å²) in [4.78, 5) is 11.1. The van der Waals surface area contributed by atoms with Crippen molar-refractivity contribution < 1.29 is 4.79 Å². The zero-order valence-corrected chi connectivity index (χ0v) is 11.4. The molecule has 0 unspecified atom stereocenters. The summed E-state index contributed by atoms with van der Waals surface area (Å²) in [7, 11) is 0. The Balaban J connectivity index is 0.00000256. The van der Waals surface area contributed by atoms with Crippen LogP contribution in [-0.2, 0) is 10.2 Å². The molecule has 1 aromatic carbocycles. The number of rotatable bonds is 4. The summed E-state index contributed by atoms with van der Waals surface area (Å²) in [6.45, 7) is 6.92. The number of aryl methyl sites for hydroxylation is 1. The standard InChI is InChI=1S/C13H20N2O.ClH/c1-10-4-6-11(7-5-10)13(2,3)9-15-12(16)8-14;/h4-7H,8-9,14H2,1-3H3,(H,15,16);1H. The molecule has 4 heteroatoms. The second-order valence-electron chi connectivity index (χ2n) is 4.73. The summed E-state index contributed by atoms with van der Waals surface area (Å²) in [5.74, 6) is -0.111. The van der Waals surface area contributed by atoms with Gasteiger partial charge in [-0.15, -0.1) is 12.4 Å². The lowest BCUT2D eigenvalue weighted by Gasteiger charge is -2.25. The van der Waals surface area contributed by atoms with E-state index in [1.807, 2.05) is 0 Å². The van der Waals surface area contributed by atoms with Gasteiger partial charge in [0.05, 0.1) is 6.54 Å². The topological polar surface area (TPSA) is 55.1 Å². The maximum Gasteiger partial charge on any atom is 0.233 e. The number of nitrogens with two attached hydrogens (primary N) is 1. The van der Waals surface area contributed by atoms with Gasteiger partial charge in [-0.3, -0.25) is 4.79 Å². The molecule has 0 radical (unpaired) electrons. The van der Waals surface area contributed by atoms with Crippen LogP contribution in [0.15, 0.2) is 24.3 Å². The van der Waals surface area contributed by atoms with Crippen LogP contribution in [0.2, 0.25) is 0 Å². The SMILES string of the molecule is Cc1ccc(C(C)(C)CNC(=O)CN)cc1.Cl. The number of halogens is 1. The van der Waals surface area contributed by atoms with Crippen LogP contribution in [0.1, 0.15) is 25.0 Å². The molecule has 3 nitrogen and oxygen atoms in total. The number of amides is 1.